The summed E-state index contributed by atoms with van der Waals surface area (Å²) in [6.45, 7) is 0.766. The summed E-state index contributed by atoms with van der Waals surface area (Å²) in [5, 5.41) is 0. The van der Waals surface area contributed by atoms with E-state index in [2.05, 4.69) is 0 Å². The number of amides is 1. The van der Waals surface area contributed by atoms with Gasteiger partial charge in [-0.3, -0.25) is 4.79 Å². The van der Waals surface area contributed by atoms with Crippen molar-refractivity contribution in [3.8, 4) is 5.75 Å². The minimum atomic E-state index is -0.281. The maximum atomic E-state index is 13.0. The molecule has 0 spiro atoms. The molecule has 1 heterocycles. The zero-order valence-corrected chi connectivity index (χ0v) is 13.2. The molecule has 1 unspecified atom stereocenters. The summed E-state index contributed by atoms with van der Waals surface area (Å²) in [6, 6.07) is 14.1. The highest BCUT2D eigenvalue weighted by molar-refractivity contribution is 5.79. The van der Waals surface area contributed by atoms with E-state index >= 15 is 0 Å². The minimum absolute atomic E-state index is 0.0851. The lowest BCUT2D eigenvalue weighted by Crippen LogP contribution is -2.31. The number of likely N-dealkylation sites (tertiary alicyclic amines) is 1. The topological polar surface area (TPSA) is 29.5 Å². The number of nitrogens with zero attached hydrogens (tertiary/aromatic N) is 1. The highest BCUT2D eigenvalue weighted by Gasteiger charge is 2.29. The number of rotatable bonds is 4. The van der Waals surface area contributed by atoms with Crippen LogP contribution in [0.1, 0.15) is 30.0 Å². The van der Waals surface area contributed by atoms with Crippen molar-refractivity contribution in [1.82, 2.24) is 4.90 Å². The Kier molecular flexibility index (Phi) is 4.60. The lowest BCUT2D eigenvalue weighted by Gasteiger charge is -2.25. The first kappa shape index (κ1) is 15.5. The molecule has 3 rings (SSSR count). The van der Waals surface area contributed by atoms with Crippen molar-refractivity contribution >= 4 is 5.91 Å². The zero-order valence-electron chi connectivity index (χ0n) is 13.2. The van der Waals surface area contributed by atoms with Crippen molar-refractivity contribution in [2.24, 2.45) is 0 Å². The van der Waals surface area contributed by atoms with E-state index in [1.54, 1.807) is 19.2 Å². The maximum Gasteiger partial charge on any atom is 0.227 e. The van der Waals surface area contributed by atoms with Gasteiger partial charge in [0.2, 0.25) is 5.91 Å². The quantitative estimate of drug-likeness (QED) is 0.860. The van der Waals surface area contributed by atoms with Crippen LogP contribution in [0, 0.1) is 5.82 Å². The fourth-order valence-corrected chi connectivity index (χ4v) is 3.14. The summed E-state index contributed by atoms with van der Waals surface area (Å²) in [6.07, 6.45) is 2.26. The van der Waals surface area contributed by atoms with Gasteiger partial charge in [-0.15, -0.1) is 0 Å². The molecule has 2 aromatic carbocycles. The summed E-state index contributed by atoms with van der Waals surface area (Å²) in [4.78, 5) is 14.6. The van der Waals surface area contributed by atoms with Gasteiger partial charge in [-0.1, -0.05) is 24.3 Å². The van der Waals surface area contributed by atoms with Gasteiger partial charge in [-0.2, -0.15) is 0 Å². The van der Waals surface area contributed by atoms with Gasteiger partial charge >= 0.3 is 0 Å². The van der Waals surface area contributed by atoms with E-state index in [-0.39, 0.29) is 17.8 Å². The van der Waals surface area contributed by atoms with E-state index in [4.69, 9.17) is 4.74 Å². The van der Waals surface area contributed by atoms with Crippen LogP contribution < -0.4 is 4.74 Å². The summed E-state index contributed by atoms with van der Waals surface area (Å²) < 4.78 is 18.3. The first-order chi connectivity index (χ1) is 11.2. The predicted molar refractivity (Wildman–Crippen MR) is 86.8 cm³/mol. The lowest BCUT2D eigenvalue weighted by molar-refractivity contribution is -0.131. The molecule has 0 aromatic heterocycles. The lowest BCUT2D eigenvalue weighted by atomic mass is 10.0. The molecular weight excluding hydrogens is 293 g/mol. The van der Waals surface area contributed by atoms with Crippen molar-refractivity contribution in [2.45, 2.75) is 25.3 Å². The molecule has 0 radical (unpaired) electrons. The molecule has 23 heavy (non-hydrogen) atoms. The summed E-state index contributed by atoms with van der Waals surface area (Å²) in [5.74, 6) is 0.610. The van der Waals surface area contributed by atoms with Crippen LogP contribution in [-0.4, -0.2) is 24.5 Å². The van der Waals surface area contributed by atoms with Crippen LogP contribution in [0.25, 0.3) is 0 Å². The van der Waals surface area contributed by atoms with Gasteiger partial charge in [0, 0.05) is 6.54 Å². The molecular formula is C19H20FNO2. The molecule has 1 saturated heterocycles. The van der Waals surface area contributed by atoms with Gasteiger partial charge in [0.05, 0.1) is 19.6 Å². The number of halogens is 1. The number of benzene rings is 2. The second kappa shape index (κ2) is 6.82. The molecule has 1 atom stereocenters. The molecule has 1 aliphatic heterocycles. The fourth-order valence-electron chi connectivity index (χ4n) is 3.14. The van der Waals surface area contributed by atoms with Crippen molar-refractivity contribution in [3.05, 3.63) is 65.5 Å². The maximum absolute atomic E-state index is 13.0. The summed E-state index contributed by atoms with van der Waals surface area (Å²) in [5.41, 5.74) is 1.95. The molecule has 4 heteroatoms. The van der Waals surface area contributed by atoms with Gasteiger partial charge < -0.3 is 9.64 Å². The molecule has 1 aliphatic rings. The average Bonchev–Trinajstić information content (AvgIpc) is 3.07. The third-order valence-electron chi connectivity index (χ3n) is 4.32. The van der Waals surface area contributed by atoms with E-state index in [1.165, 1.54) is 12.1 Å². The van der Waals surface area contributed by atoms with E-state index in [9.17, 15) is 9.18 Å². The van der Waals surface area contributed by atoms with Crippen molar-refractivity contribution in [2.75, 3.05) is 13.7 Å². The second-order valence-corrected chi connectivity index (χ2v) is 5.83. The molecule has 2 aromatic rings. The minimum Gasteiger partial charge on any atom is -0.497 e. The normalized spacial score (nSPS) is 17.3. The van der Waals surface area contributed by atoms with Crippen LogP contribution in [0.15, 0.2) is 48.5 Å². The van der Waals surface area contributed by atoms with E-state index in [0.29, 0.717) is 6.42 Å². The molecule has 0 bridgehead atoms. The molecule has 1 fully saturated rings. The van der Waals surface area contributed by atoms with Gasteiger partial charge in [-0.25, -0.2) is 4.39 Å². The van der Waals surface area contributed by atoms with Crippen LogP contribution in [0.3, 0.4) is 0 Å². The van der Waals surface area contributed by atoms with E-state index in [1.807, 2.05) is 29.2 Å². The third-order valence-corrected chi connectivity index (χ3v) is 4.32. The Hall–Kier alpha value is -2.36. The van der Waals surface area contributed by atoms with Gasteiger partial charge in [0.25, 0.3) is 0 Å². The number of carbonyl (C=O) groups is 1. The second-order valence-electron chi connectivity index (χ2n) is 5.83. The summed E-state index contributed by atoms with van der Waals surface area (Å²) >= 11 is 0. The van der Waals surface area contributed by atoms with Crippen LogP contribution in [-0.2, 0) is 11.2 Å². The highest BCUT2D eigenvalue weighted by atomic mass is 19.1. The highest BCUT2D eigenvalue weighted by Crippen LogP contribution is 2.33. The van der Waals surface area contributed by atoms with Crippen LogP contribution >= 0.6 is 0 Å². The number of methoxy groups -OCH3 is 1. The molecule has 0 N–H and O–H groups in total. The Balaban J connectivity index is 1.75. The van der Waals surface area contributed by atoms with Crippen molar-refractivity contribution < 1.29 is 13.9 Å². The first-order valence-electron chi connectivity index (χ1n) is 7.85. The number of carbonyl (C=O) groups excluding carboxylic acids is 1. The third kappa shape index (κ3) is 3.52. The molecule has 0 saturated carbocycles. The standard InChI is InChI=1S/C19H20FNO2/c1-23-17-5-2-4-15(13-17)18-6-3-11-21(18)19(22)12-14-7-9-16(20)10-8-14/h2,4-5,7-10,13,18H,3,6,11-12H2,1H3. The molecule has 3 nitrogen and oxygen atoms in total. The largest absolute Gasteiger partial charge is 0.497 e. The monoisotopic (exact) mass is 313 g/mol. The van der Waals surface area contributed by atoms with Crippen LogP contribution in [0.4, 0.5) is 4.39 Å². The van der Waals surface area contributed by atoms with Gasteiger partial charge in [0.1, 0.15) is 11.6 Å². The molecule has 1 amide bonds. The fraction of sp³-hybridized carbons (Fsp3) is 0.316. The number of hydrogen-bond donors (Lipinski definition) is 0. The van der Waals surface area contributed by atoms with Crippen molar-refractivity contribution in [1.29, 1.82) is 0 Å². The molecule has 120 valence electrons. The van der Waals surface area contributed by atoms with Crippen LogP contribution in [0.2, 0.25) is 0 Å². The Morgan fingerprint density at radius 1 is 1.26 bits per heavy atom. The number of ether oxygens (including phenoxy) is 1. The Labute approximate surface area is 135 Å². The average molecular weight is 313 g/mol. The van der Waals surface area contributed by atoms with Gasteiger partial charge in [-0.05, 0) is 48.2 Å². The zero-order chi connectivity index (χ0) is 16.2. The predicted octanol–water partition coefficient (Wildman–Crippen LogP) is 3.74. The smallest absolute Gasteiger partial charge is 0.227 e. The molecule has 0 aliphatic carbocycles. The van der Waals surface area contributed by atoms with Crippen LogP contribution in [0.5, 0.6) is 5.75 Å². The SMILES string of the molecule is COc1cccc(C2CCCN2C(=O)Cc2ccc(F)cc2)c1. The first-order valence-corrected chi connectivity index (χ1v) is 7.85. The van der Waals surface area contributed by atoms with E-state index < -0.39 is 0 Å². The Morgan fingerprint density at radius 2 is 2.04 bits per heavy atom. The van der Waals surface area contributed by atoms with Gasteiger partial charge in [0.15, 0.2) is 0 Å². The summed E-state index contributed by atoms with van der Waals surface area (Å²) in [7, 11) is 1.64. The van der Waals surface area contributed by atoms with Crippen molar-refractivity contribution in [3.63, 3.8) is 0 Å². The number of hydrogen-bond acceptors (Lipinski definition) is 2. The Morgan fingerprint density at radius 3 is 2.78 bits per heavy atom. The van der Waals surface area contributed by atoms with E-state index in [0.717, 1.165) is 36.3 Å². The Bertz CT molecular complexity index is 684.